The number of hydrogen-bond donors (Lipinski definition) is 0. The van der Waals surface area contributed by atoms with Gasteiger partial charge in [0, 0.05) is 18.6 Å². The van der Waals surface area contributed by atoms with Gasteiger partial charge in [0.2, 0.25) is 0 Å². The molecule has 0 amide bonds. The van der Waals surface area contributed by atoms with E-state index in [0.717, 1.165) is 5.39 Å². The van der Waals surface area contributed by atoms with Crippen molar-refractivity contribution in [2.45, 2.75) is 12.1 Å². The van der Waals surface area contributed by atoms with Gasteiger partial charge in [-0.2, -0.15) is 0 Å². The molecule has 0 atom stereocenters. The van der Waals surface area contributed by atoms with E-state index in [1.165, 1.54) is 16.3 Å². The van der Waals surface area contributed by atoms with Gasteiger partial charge in [0.1, 0.15) is 5.65 Å². The third-order valence-electron chi connectivity index (χ3n) is 2.38. The maximum absolute atomic E-state index is 11.9. The Kier molecular flexibility index (Phi) is 3.33. The van der Waals surface area contributed by atoms with Gasteiger partial charge in [0.05, 0.1) is 6.61 Å². The van der Waals surface area contributed by atoms with E-state index in [0.29, 0.717) is 23.2 Å². The van der Waals surface area contributed by atoms with Crippen molar-refractivity contribution in [3.8, 4) is 5.75 Å². The second-order valence-electron chi connectivity index (χ2n) is 3.44. The lowest BCUT2D eigenvalue weighted by atomic mass is 10.3. The Balaban J connectivity index is 2.72. The lowest BCUT2D eigenvalue weighted by Crippen LogP contribution is -2.20. The molecule has 0 aromatic carbocycles. The fraction of sp³-hybridized carbons (Fsp3) is 0.364. The molecule has 0 spiro atoms. The number of nitrogens with zero attached hydrogens (tertiary/aromatic N) is 3. The van der Waals surface area contributed by atoms with E-state index in [1.807, 2.05) is 13.2 Å². The molecular formula is C11H13N3O2S. The van der Waals surface area contributed by atoms with Crippen LogP contribution in [0.3, 0.4) is 0 Å². The van der Waals surface area contributed by atoms with Crippen molar-refractivity contribution in [2.75, 3.05) is 12.9 Å². The highest BCUT2D eigenvalue weighted by Crippen LogP contribution is 2.17. The molecule has 2 rings (SSSR count). The summed E-state index contributed by atoms with van der Waals surface area (Å²) in [5.74, 6) is 0.336. The van der Waals surface area contributed by atoms with Gasteiger partial charge in [-0.05, 0) is 19.2 Å². The molecule has 0 saturated carbocycles. The van der Waals surface area contributed by atoms with E-state index in [9.17, 15) is 4.79 Å². The maximum Gasteiger partial charge on any atom is 0.294 e. The smallest absolute Gasteiger partial charge is 0.294 e. The van der Waals surface area contributed by atoms with Crippen LogP contribution in [0.5, 0.6) is 5.75 Å². The molecule has 0 N–H and O–H groups in total. The minimum absolute atomic E-state index is 0.176. The van der Waals surface area contributed by atoms with Gasteiger partial charge >= 0.3 is 0 Å². The van der Waals surface area contributed by atoms with Gasteiger partial charge in [-0.1, -0.05) is 11.8 Å². The summed E-state index contributed by atoms with van der Waals surface area (Å²) in [4.78, 5) is 20.4. The largest absolute Gasteiger partial charge is 0.488 e. The lowest BCUT2D eigenvalue weighted by Gasteiger charge is -2.08. The summed E-state index contributed by atoms with van der Waals surface area (Å²) in [7, 11) is 1.68. The molecule has 0 unspecified atom stereocenters. The molecule has 90 valence electrons. The third kappa shape index (κ3) is 2.12. The van der Waals surface area contributed by atoms with Crippen LogP contribution < -0.4 is 10.3 Å². The topological polar surface area (TPSA) is 57.0 Å². The van der Waals surface area contributed by atoms with Crippen molar-refractivity contribution < 1.29 is 4.74 Å². The Morgan fingerprint density at radius 1 is 1.53 bits per heavy atom. The van der Waals surface area contributed by atoms with Crippen LogP contribution >= 0.6 is 11.8 Å². The number of fused-ring (bicyclic) bond motifs is 1. The maximum atomic E-state index is 11.9. The number of rotatable bonds is 3. The van der Waals surface area contributed by atoms with Crippen LogP contribution in [0, 0.1) is 0 Å². The van der Waals surface area contributed by atoms with Crippen LogP contribution in [0.15, 0.2) is 22.2 Å². The first-order valence-electron chi connectivity index (χ1n) is 5.21. The highest BCUT2D eigenvalue weighted by Gasteiger charge is 2.09. The lowest BCUT2D eigenvalue weighted by molar-refractivity contribution is 0.334. The molecule has 0 aliphatic rings. The normalized spacial score (nSPS) is 10.8. The summed E-state index contributed by atoms with van der Waals surface area (Å²) in [5, 5.41) is 1.45. The highest BCUT2D eigenvalue weighted by molar-refractivity contribution is 7.98. The molecule has 0 fully saturated rings. The predicted octanol–water partition coefficient (Wildman–Crippen LogP) is 1.45. The monoisotopic (exact) mass is 251 g/mol. The Bertz CT molecular complexity index is 609. The fourth-order valence-corrected chi connectivity index (χ4v) is 1.89. The van der Waals surface area contributed by atoms with Crippen LogP contribution in [0.2, 0.25) is 0 Å². The molecule has 2 aromatic heterocycles. The number of hydrogen-bond acceptors (Lipinski definition) is 5. The summed E-state index contributed by atoms with van der Waals surface area (Å²) in [6.07, 6.45) is 3.60. The standard InChI is InChI=1S/C11H13N3O2S/c1-4-16-8-5-7-6-12-11(17-3)13-9(7)14(2)10(8)15/h5-6H,4H2,1-3H3. The SMILES string of the molecule is CCOc1cc2cnc(SC)nc2n(C)c1=O. The zero-order valence-corrected chi connectivity index (χ0v) is 10.7. The average Bonchev–Trinajstić information content (AvgIpc) is 2.35. The summed E-state index contributed by atoms with van der Waals surface area (Å²) in [6.45, 7) is 2.31. The average molecular weight is 251 g/mol. The molecule has 0 radical (unpaired) electrons. The third-order valence-corrected chi connectivity index (χ3v) is 2.94. The molecular weight excluding hydrogens is 238 g/mol. The van der Waals surface area contributed by atoms with Crippen molar-refractivity contribution in [2.24, 2.45) is 7.05 Å². The van der Waals surface area contributed by atoms with Crippen LogP contribution in [0.25, 0.3) is 11.0 Å². The first kappa shape index (κ1) is 11.9. The molecule has 6 heteroatoms. The van der Waals surface area contributed by atoms with Crippen molar-refractivity contribution in [3.63, 3.8) is 0 Å². The number of thioether (sulfide) groups is 1. The van der Waals surface area contributed by atoms with Gasteiger partial charge in [-0.3, -0.25) is 9.36 Å². The van der Waals surface area contributed by atoms with E-state index in [1.54, 1.807) is 19.3 Å². The van der Waals surface area contributed by atoms with Gasteiger partial charge in [-0.15, -0.1) is 0 Å². The number of aromatic nitrogens is 3. The quantitative estimate of drug-likeness (QED) is 0.610. The van der Waals surface area contributed by atoms with E-state index in [2.05, 4.69) is 9.97 Å². The zero-order chi connectivity index (χ0) is 12.4. The Labute approximate surface area is 103 Å². The number of aryl methyl sites for hydroxylation is 1. The molecule has 17 heavy (non-hydrogen) atoms. The molecule has 0 saturated heterocycles. The minimum atomic E-state index is -0.176. The Hall–Kier alpha value is -1.56. The molecule has 2 heterocycles. The van der Waals surface area contributed by atoms with Crippen LogP contribution in [0.4, 0.5) is 0 Å². The van der Waals surface area contributed by atoms with Gasteiger partial charge in [0.15, 0.2) is 10.9 Å². The van der Waals surface area contributed by atoms with Gasteiger partial charge in [-0.25, -0.2) is 9.97 Å². The summed E-state index contributed by atoms with van der Waals surface area (Å²) in [5.41, 5.74) is 0.447. The summed E-state index contributed by atoms with van der Waals surface area (Å²) in [6, 6.07) is 1.69. The van der Waals surface area contributed by atoms with E-state index >= 15 is 0 Å². The van der Waals surface area contributed by atoms with Crippen LogP contribution in [-0.2, 0) is 7.05 Å². The summed E-state index contributed by atoms with van der Waals surface area (Å²) >= 11 is 1.44. The molecule has 5 nitrogen and oxygen atoms in total. The molecule has 2 aromatic rings. The van der Waals surface area contributed by atoms with Gasteiger partial charge < -0.3 is 4.74 Å². The van der Waals surface area contributed by atoms with Gasteiger partial charge in [0.25, 0.3) is 5.56 Å². The first-order chi connectivity index (χ1) is 8.17. The minimum Gasteiger partial charge on any atom is -0.488 e. The molecule has 0 aliphatic carbocycles. The molecule has 0 bridgehead atoms. The van der Waals surface area contributed by atoms with Crippen LogP contribution in [0.1, 0.15) is 6.92 Å². The zero-order valence-electron chi connectivity index (χ0n) is 9.93. The van der Waals surface area contributed by atoms with E-state index in [-0.39, 0.29) is 5.56 Å². The summed E-state index contributed by atoms with van der Waals surface area (Å²) < 4.78 is 6.78. The predicted molar refractivity (Wildman–Crippen MR) is 67.7 cm³/mol. The Morgan fingerprint density at radius 3 is 2.94 bits per heavy atom. The fourth-order valence-electron chi connectivity index (χ4n) is 1.56. The Morgan fingerprint density at radius 2 is 2.29 bits per heavy atom. The van der Waals surface area contributed by atoms with E-state index in [4.69, 9.17) is 4.74 Å². The van der Waals surface area contributed by atoms with Crippen molar-refractivity contribution in [1.29, 1.82) is 0 Å². The van der Waals surface area contributed by atoms with Crippen molar-refractivity contribution in [1.82, 2.24) is 14.5 Å². The van der Waals surface area contributed by atoms with Crippen LogP contribution in [-0.4, -0.2) is 27.4 Å². The first-order valence-corrected chi connectivity index (χ1v) is 6.43. The van der Waals surface area contributed by atoms with E-state index < -0.39 is 0 Å². The van der Waals surface area contributed by atoms with Crippen molar-refractivity contribution >= 4 is 22.8 Å². The number of pyridine rings is 1. The second-order valence-corrected chi connectivity index (χ2v) is 4.21. The second kappa shape index (κ2) is 4.75. The number of ether oxygens (including phenoxy) is 1. The van der Waals surface area contributed by atoms with Crippen molar-refractivity contribution in [3.05, 3.63) is 22.6 Å². The highest BCUT2D eigenvalue weighted by atomic mass is 32.2. The molecule has 0 aliphatic heterocycles.